The van der Waals surface area contributed by atoms with Gasteiger partial charge in [0.25, 0.3) is 0 Å². The van der Waals surface area contributed by atoms with E-state index in [9.17, 15) is 14.4 Å². The molecule has 0 fully saturated rings. The van der Waals surface area contributed by atoms with Crippen molar-refractivity contribution in [1.29, 1.82) is 0 Å². The summed E-state index contributed by atoms with van der Waals surface area (Å²) in [6.45, 7) is 12.5. The molecule has 0 saturated heterocycles. The Labute approximate surface area is 345 Å². The van der Waals surface area contributed by atoms with Gasteiger partial charge in [0.2, 0.25) is 0 Å². The summed E-state index contributed by atoms with van der Waals surface area (Å²) >= 11 is 0. The Kier molecular flexibility index (Phi) is 38.8. The number of esters is 3. The lowest BCUT2D eigenvalue weighted by Gasteiger charge is -2.17. The van der Waals surface area contributed by atoms with Gasteiger partial charge >= 0.3 is 17.9 Å². The summed E-state index contributed by atoms with van der Waals surface area (Å²) in [7, 11) is 4.09. The van der Waals surface area contributed by atoms with Crippen molar-refractivity contribution in [2.24, 2.45) is 17.8 Å². The zero-order valence-electron chi connectivity index (χ0n) is 37.2. The Balaban J connectivity index is 4.17. The summed E-state index contributed by atoms with van der Waals surface area (Å²) in [5.41, 5.74) is 8.25. The molecule has 324 valence electrons. The van der Waals surface area contributed by atoms with E-state index in [-0.39, 0.29) is 29.7 Å². The Bertz CT molecular complexity index is 1070. The van der Waals surface area contributed by atoms with Crippen LogP contribution < -0.4 is 0 Å². The van der Waals surface area contributed by atoms with Crippen LogP contribution in [0.2, 0.25) is 0 Å². The molecule has 7 nitrogen and oxygen atoms in total. The molecular formula is C49H87NO6. The van der Waals surface area contributed by atoms with E-state index in [0.717, 1.165) is 109 Å². The monoisotopic (exact) mass is 786 g/mol. The second kappa shape index (κ2) is 40.6. The maximum absolute atomic E-state index is 13.0. The minimum absolute atomic E-state index is 0.00118. The first-order valence-corrected chi connectivity index (χ1v) is 23.2. The maximum atomic E-state index is 13.0. The van der Waals surface area contributed by atoms with E-state index in [1.165, 1.54) is 70.6 Å². The van der Waals surface area contributed by atoms with Gasteiger partial charge in [-0.3, -0.25) is 14.4 Å². The van der Waals surface area contributed by atoms with Crippen molar-refractivity contribution in [3.63, 3.8) is 0 Å². The van der Waals surface area contributed by atoms with E-state index in [4.69, 9.17) is 14.2 Å². The van der Waals surface area contributed by atoms with Crippen molar-refractivity contribution in [2.75, 3.05) is 40.5 Å². The van der Waals surface area contributed by atoms with E-state index >= 15 is 0 Å². The SMILES string of the molecule is C=C=C=C=CC(CCCCC)CC(=O)OCCCCCCCCCCC(CCCCCCCCCCOC(=O)CC(C)CCCCC)C(=O)OCCCN(C)C. The lowest BCUT2D eigenvalue weighted by molar-refractivity contribution is -0.149. The molecule has 3 unspecified atom stereocenters. The Morgan fingerprint density at radius 1 is 0.571 bits per heavy atom. The number of nitrogens with zero attached hydrogens (tertiary/aromatic N) is 1. The van der Waals surface area contributed by atoms with Gasteiger partial charge in [-0.1, -0.05) is 167 Å². The summed E-state index contributed by atoms with van der Waals surface area (Å²) in [6, 6.07) is 0. The fraction of sp³-hybridized carbons (Fsp3) is 0.837. The van der Waals surface area contributed by atoms with Gasteiger partial charge in [0, 0.05) is 13.0 Å². The molecule has 0 aliphatic rings. The summed E-state index contributed by atoms with van der Waals surface area (Å²) in [5, 5.41) is 0. The van der Waals surface area contributed by atoms with Crippen LogP contribution in [0.25, 0.3) is 0 Å². The van der Waals surface area contributed by atoms with Crippen LogP contribution in [0.1, 0.15) is 207 Å². The van der Waals surface area contributed by atoms with Crippen LogP contribution in [-0.2, 0) is 28.6 Å². The number of carbonyl (C=O) groups is 3. The third kappa shape index (κ3) is 37.1. The molecule has 0 heterocycles. The minimum atomic E-state index is -0.125. The normalized spacial score (nSPS) is 12.6. The first kappa shape index (κ1) is 53.5. The average Bonchev–Trinajstić information content (AvgIpc) is 3.16. The van der Waals surface area contributed by atoms with E-state index in [1.54, 1.807) is 0 Å². The van der Waals surface area contributed by atoms with Crippen LogP contribution in [0.4, 0.5) is 0 Å². The molecule has 0 aromatic carbocycles. The number of rotatable bonds is 40. The molecule has 0 spiro atoms. The molecule has 0 amide bonds. The number of unbranched alkanes of at least 4 members (excludes halogenated alkanes) is 18. The molecule has 7 heteroatoms. The second-order valence-corrected chi connectivity index (χ2v) is 16.6. The average molecular weight is 786 g/mol. The number of allylic oxidation sites excluding steroid dienone is 1. The van der Waals surface area contributed by atoms with Gasteiger partial charge in [0.1, 0.15) is 0 Å². The molecule has 0 bridgehead atoms. The topological polar surface area (TPSA) is 82.1 Å². The highest BCUT2D eigenvalue weighted by Gasteiger charge is 2.19. The number of hydrogen-bond donors (Lipinski definition) is 0. The predicted molar refractivity (Wildman–Crippen MR) is 234 cm³/mol. The first-order chi connectivity index (χ1) is 27.2. The Hall–Kier alpha value is -2.55. The molecule has 0 radical (unpaired) electrons. The van der Waals surface area contributed by atoms with Gasteiger partial charge in [0.15, 0.2) is 0 Å². The molecule has 0 N–H and O–H groups in total. The zero-order valence-corrected chi connectivity index (χ0v) is 37.2. The number of carbonyl (C=O) groups excluding carboxylic acids is 3. The predicted octanol–water partition coefficient (Wildman–Crippen LogP) is 13.1. The molecule has 0 saturated carbocycles. The lowest BCUT2D eigenvalue weighted by Crippen LogP contribution is -2.21. The molecule has 0 rings (SSSR count). The second-order valence-electron chi connectivity index (χ2n) is 16.6. The molecule has 56 heavy (non-hydrogen) atoms. The number of ether oxygens (including phenoxy) is 3. The van der Waals surface area contributed by atoms with Gasteiger partial charge in [-0.15, -0.1) is 0 Å². The van der Waals surface area contributed by atoms with Crippen LogP contribution in [0.5, 0.6) is 0 Å². The molecule has 0 aromatic rings. The van der Waals surface area contributed by atoms with Gasteiger partial charge < -0.3 is 19.1 Å². The summed E-state index contributed by atoms with van der Waals surface area (Å²) in [5.74, 6) is 0.409. The Morgan fingerprint density at radius 3 is 1.52 bits per heavy atom. The van der Waals surface area contributed by atoms with Gasteiger partial charge in [-0.25, -0.2) is 0 Å². The van der Waals surface area contributed by atoms with Crippen LogP contribution in [0, 0.1) is 17.8 Å². The highest BCUT2D eigenvalue weighted by Crippen LogP contribution is 2.22. The van der Waals surface area contributed by atoms with Crippen LogP contribution in [0.15, 0.2) is 29.8 Å². The molecule has 0 aliphatic heterocycles. The quantitative estimate of drug-likeness (QED) is 0.0265. The Morgan fingerprint density at radius 2 is 1.02 bits per heavy atom. The summed E-state index contributed by atoms with van der Waals surface area (Å²) in [6.07, 6.45) is 32.9. The van der Waals surface area contributed by atoms with Crippen molar-refractivity contribution >= 4 is 17.9 Å². The smallest absolute Gasteiger partial charge is 0.308 e. The molecule has 0 aliphatic carbocycles. The van der Waals surface area contributed by atoms with Crippen LogP contribution in [-0.4, -0.2) is 63.3 Å². The molecule has 0 aromatic heterocycles. The highest BCUT2D eigenvalue weighted by atomic mass is 16.5. The van der Waals surface area contributed by atoms with Gasteiger partial charge in [0.05, 0.1) is 32.2 Å². The summed E-state index contributed by atoms with van der Waals surface area (Å²) < 4.78 is 16.7. The lowest BCUT2D eigenvalue weighted by atomic mass is 9.94. The summed E-state index contributed by atoms with van der Waals surface area (Å²) in [4.78, 5) is 39.6. The van der Waals surface area contributed by atoms with E-state index in [1.807, 2.05) is 20.2 Å². The fourth-order valence-corrected chi connectivity index (χ4v) is 7.10. The van der Waals surface area contributed by atoms with Crippen molar-refractivity contribution in [1.82, 2.24) is 4.90 Å². The van der Waals surface area contributed by atoms with Gasteiger partial charge in [-0.2, -0.15) is 0 Å². The molecule has 3 atom stereocenters. The van der Waals surface area contributed by atoms with E-state index in [2.05, 4.69) is 49.4 Å². The third-order valence-corrected chi connectivity index (χ3v) is 10.6. The van der Waals surface area contributed by atoms with Crippen LogP contribution in [0.3, 0.4) is 0 Å². The minimum Gasteiger partial charge on any atom is -0.466 e. The van der Waals surface area contributed by atoms with E-state index in [0.29, 0.717) is 38.6 Å². The third-order valence-electron chi connectivity index (χ3n) is 10.6. The number of hydrogen-bond acceptors (Lipinski definition) is 7. The highest BCUT2D eigenvalue weighted by molar-refractivity contribution is 5.72. The van der Waals surface area contributed by atoms with Crippen molar-refractivity contribution in [2.45, 2.75) is 207 Å². The molecular weight excluding hydrogens is 699 g/mol. The van der Waals surface area contributed by atoms with Crippen LogP contribution >= 0.6 is 0 Å². The van der Waals surface area contributed by atoms with Crippen molar-refractivity contribution in [3.8, 4) is 0 Å². The van der Waals surface area contributed by atoms with Crippen molar-refractivity contribution < 1.29 is 28.6 Å². The zero-order chi connectivity index (χ0) is 41.3. The van der Waals surface area contributed by atoms with E-state index < -0.39 is 0 Å². The maximum Gasteiger partial charge on any atom is 0.308 e. The van der Waals surface area contributed by atoms with Crippen molar-refractivity contribution in [3.05, 3.63) is 29.8 Å². The standard InChI is InChI=1S/C49H87NO6/c1-7-10-25-33-44(4)42-47(51)54-39-30-23-19-15-13-17-21-28-36-46(49(53)56-41-32-38-50(5)6)37-29-22-18-14-16-20-24-31-40-55-48(52)43-45(34-26-11-8-2)35-27-12-9-3/h34,44-46H,2,7,9-10,12-25,27-33,35-43H2,1,3-6H3. The largest absolute Gasteiger partial charge is 0.466 e. The fourth-order valence-electron chi connectivity index (χ4n) is 7.10. The van der Waals surface area contributed by atoms with Gasteiger partial charge in [-0.05, 0) is 82.8 Å². The first-order valence-electron chi connectivity index (χ1n) is 23.2.